The first-order valence-corrected chi connectivity index (χ1v) is 7.23. The van der Waals surface area contributed by atoms with E-state index in [2.05, 4.69) is 40.3 Å². The van der Waals surface area contributed by atoms with Gasteiger partial charge in [-0.3, -0.25) is 20.2 Å². The third kappa shape index (κ3) is 5.12. The van der Waals surface area contributed by atoms with Crippen LogP contribution in [0.3, 0.4) is 0 Å². The fourth-order valence-electron chi connectivity index (χ4n) is 1.84. The van der Waals surface area contributed by atoms with E-state index in [0.717, 1.165) is 11.4 Å². The Morgan fingerprint density at radius 2 is 1.12 bits per heavy atom. The van der Waals surface area contributed by atoms with Gasteiger partial charge in [0, 0.05) is 24.0 Å². The molecular weight excluding hydrogens is 499 g/mol. The Balaban J connectivity index is 0.000000173. The van der Waals surface area contributed by atoms with Gasteiger partial charge in [0.2, 0.25) is 0 Å². The Labute approximate surface area is 158 Å². The molecule has 0 saturated carbocycles. The first kappa shape index (κ1) is 18.6. The van der Waals surface area contributed by atoms with Crippen molar-refractivity contribution in [1.82, 2.24) is 40.3 Å². The Bertz CT molecular complexity index is 813. The molecule has 4 aromatic rings. The summed E-state index contributed by atoms with van der Waals surface area (Å²) in [4.78, 5) is 16.4. The second-order valence-corrected chi connectivity index (χ2v) is 4.80. The third-order valence-electron chi connectivity index (χ3n) is 2.90. The molecule has 25 heavy (non-hydrogen) atoms. The van der Waals surface area contributed by atoms with E-state index in [9.17, 15) is 0 Å². The molecular formula is C16H14N8Pt. The van der Waals surface area contributed by atoms with Crippen LogP contribution in [-0.4, -0.2) is 30.1 Å². The van der Waals surface area contributed by atoms with Gasteiger partial charge >= 0.3 is 21.1 Å². The Kier molecular flexibility index (Phi) is 6.65. The molecule has 0 aliphatic rings. The molecule has 4 aromatic heterocycles. The first-order chi connectivity index (χ1) is 11.7. The largest absolute Gasteiger partial charge is 2.00 e. The summed E-state index contributed by atoms with van der Waals surface area (Å²) in [5, 5.41) is 15.3. The summed E-state index contributed by atoms with van der Waals surface area (Å²) in [5.41, 5.74) is 1.52. The van der Waals surface area contributed by atoms with Gasteiger partial charge in [0.05, 0.1) is 11.4 Å². The second-order valence-electron chi connectivity index (χ2n) is 4.80. The summed E-state index contributed by atoms with van der Waals surface area (Å²) in [6, 6.07) is 11.2. The van der Waals surface area contributed by atoms with E-state index in [1.807, 2.05) is 36.4 Å². The minimum atomic E-state index is 0. The zero-order valence-electron chi connectivity index (χ0n) is 13.5. The van der Waals surface area contributed by atoms with Gasteiger partial charge in [0.1, 0.15) is 0 Å². The molecule has 9 heteroatoms. The summed E-state index contributed by atoms with van der Waals surface area (Å²) < 4.78 is 0. The predicted octanol–water partition coefficient (Wildman–Crippen LogP) is 1.61. The standard InChI is InChI=1S/2C8H7N4.Pt/c2*1-6-10-8(12-11-6)7-4-2-3-5-9-7;/h2*2-5H,1H3;/q2*-1;+2. The van der Waals surface area contributed by atoms with Crippen molar-refractivity contribution in [2.75, 3.05) is 0 Å². The van der Waals surface area contributed by atoms with Crippen LogP contribution in [0, 0.1) is 13.8 Å². The Morgan fingerprint density at radius 1 is 0.680 bits per heavy atom. The maximum Gasteiger partial charge on any atom is 2.00 e. The molecule has 0 atom stereocenters. The van der Waals surface area contributed by atoms with Crippen LogP contribution in [0.5, 0.6) is 0 Å². The molecule has 0 bridgehead atoms. The summed E-state index contributed by atoms with van der Waals surface area (Å²) in [6.45, 7) is 3.61. The Hall–Kier alpha value is -2.73. The quantitative estimate of drug-likeness (QED) is 0.398. The number of nitrogens with zero attached hydrogens (tertiary/aromatic N) is 8. The zero-order valence-corrected chi connectivity index (χ0v) is 15.8. The van der Waals surface area contributed by atoms with Gasteiger partial charge in [-0.05, 0) is 49.8 Å². The fourth-order valence-corrected chi connectivity index (χ4v) is 1.84. The van der Waals surface area contributed by atoms with E-state index < -0.39 is 0 Å². The van der Waals surface area contributed by atoms with Crippen molar-refractivity contribution in [3.63, 3.8) is 0 Å². The topological polar surface area (TPSA) is 106 Å². The zero-order chi connectivity index (χ0) is 16.8. The summed E-state index contributed by atoms with van der Waals surface area (Å²) in [7, 11) is 0. The van der Waals surface area contributed by atoms with Gasteiger partial charge in [-0.2, -0.15) is 0 Å². The molecule has 4 rings (SSSR count). The molecule has 0 fully saturated rings. The van der Waals surface area contributed by atoms with Crippen LogP contribution < -0.4 is 10.2 Å². The van der Waals surface area contributed by atoms with Crippen molar-refractivity contribution in [3.05, 3.63) is 60.4 Å². The maximum absolute atomic E-state index is 4.10. The van der Waals surface area contributed by atoms with Crippen molar-refractivity contribution in [3.8, 4) is 23.0 Å². The van der Waals surface area contributed by atoms with Gasteiger partial charge in [0.15, 0.2) is 0 Å². The summed E-state index contributed by atoms with van der Waals surface area (Å²) in [6.07, 6.45) is 3.42. The molecule has 4 heterocycles. The second kappa shape index (κ2) is 8.94. The fraction of sp³-hybridized carbons (Fsp3) is 0.125. The summed E-state index contributed by atoms with van der Waals surface area (Å²) >= 11 is 0. The number of hydrogen-bond donors (Lipinski definition) is 0. The van der Waals surface area contributed by atoms with E-state index in [-0.39, 0.29) is 21.1 Å². The number of pyridine rings is 2. The van der Waals surface area contributed by atoms with Crippen LogP contribution in [0.15, 0.2) is 48.8 Å². The average Bonchev–Trinajstić information content (AvgIpc) is 3.26. The van der Waals surface area contributed by atoms with E-state index >= 15 is 0 Å². The van der Waals surface area contributed by atoms with Crippen LogP contribution in [0.2, 0.25) is 0 Å². The van der Waals surface area contributed by atoms with Crippen LogP contribution >= 0.6 is 0 Å². The molecule has 0 aliphatic heterocycles. The third-order valence-corrected chi connectivity index (χ3v) is 2.90. The minimum absolute atomic E-state index is 0. The minimum Gasteiger partial charge on any atom is -0.421 e. The number of rotatable bonds is 2. The van der Waals surface area contributed by atoms with E-state index in [1.54, 1.807) is 26.2 Å². The van der Waals surface area contributed by atoms with Gasteiger partial charge in [-0.25, -0.2) is 0 Å². The maximum atomic E-state index is 4.10. The van der Waals surface area contributed by atoms with E-state index in [1.165, 1.54) is 0 Å². The van der Waals surface area contributed by atoms with Crippen molar-refractivity contribution in [2.24, 2.45) is 0 Å². The molecule has 8 nitrogen and oxygen atoms in total. The van der Waals surface area contributed by atoms with Crippen molar-refractivity contribution in [1.29, 1.82) is 0 Å². The average molecular weight is 513 g/mol. The normalized spacial score (nSPS) is 9.68. The van der Waals surface area contributed by atoms with Crippen LogP contribution in [0.4, 0.5) is 0 Å². The monoisotopic (exact) mass is 513 g/mol. The van der Waals surface area contributed by atoms with Crippen LogP contribution in [0.1, 0.15) is 11.6 Å². The molecule has 0 N–H and O–H groups in total. The molecule has 128 valence electrons. The number of aryl methyl sites for hydroxylation is 2. The van der Waals surface area contributed by atoms with Gasteiger partial charge in [-0.15, -0.1) is 0 Å². The first-order valence-electron chi connectivity index (χ1n) is 7.23. The van der Waals surface area contributed by atoms with Gasteiger partial charge in [-0.1, -0.05) is 12.1 Å². The molecule has 0 amide bonds. The molecule has 0 unspecified atom stereocenters. The molecule has 0 aliphatic carbocycles. The molecule has 0 saturated heterocycles. The molecule has 0 radical (unpaired) electrons. The predicted molar refractivity (Wildman–Crippen MR) is 86.6 cm³/mol. The van der Waals surface area contributed by atoms with Crippen LogP contribution in [-0.2, 0) is 21.1 Å². The molecule has 0 aromatic carbocycles. The van der Waals surface area contributed by atoms with Crippen molar-refractivity contribution in [2.45, 2.75) is 13.8 Å². The number of aromatic nitrogens is 8. The number of hydrogen-bond acceptors (Lipinski definition) is 6. The van der Waals surface area contributed by atoms with Gasteiger partial charge in [0.25, 0.3) is 0 Å². The van der Waals surface area contributed by atoms with E-state index in [0.29, 0.717) is 23.3 Å². The van der Waals surface area contributed by atoms with Crippen molar-refractivity contribution >= 4 is 0 Å². The smallest absolute Gasteiger partial charge is 0.421 e. The molecule has 0 spiro atoms. The Morgan fingerprint density at radius 3 is 1.40 bits per heavy atom. The van der Waals surface area contributed by atoms with Crippen LogP contribution in [0.25, 0.3) is 23.0 Å². The van der Waals surface area contributed by atoms with Gasteiger partial charge < -0.3 is 20.2 Å². The van der Waals surface area contributed by atoms with E-state index in [4.69, 9.17) is 0 Å². The summed E-state index contributed by atoms with van der Waals surface area (Å²) in [5.74, 6) is 2.53. The SMILES string of the molecule is Cc1n[n-]c(-c2ccccn2)n1.Cc1n[n-]c(-c2ccccn2)n1.[Pt+2]. The van der Waals surface area contributed by atoms with Crippen molar-refractivity contribution < 1.29 is 21.1 Å².